The third kappa shape index (κ3) is 1.85. The lowest BCUT2D eigenvalue weighted by molar-refractivity contribution is 0.237. The number of rotatable bonds is 2. The molecule has 0 saturated heterocycles. The van der Waals surface area contributed by atoms with Gasteiger partial charge in [-0.05, 0) is 28.7 Å². The quantitative estimate of drug-likeness (QED) is 0.591. The van der Waals surface area contributed by atoms with Gasteiger partial charge in [0.1, 0.15) is 5.69 Å². The van der Waals surface area contributed by atoms with Gasteiger partial charge in [-0.2, -0.15) is 0 Å². The molecular formula is C11H19NO2P2. The molecule has 0 spiro atoms. The van der Waals surface area contributed by atoms with E-state index < -0.39 is 10.9 Å². The maximum absolute atomic E-state index is 11.5. The molecule has 0 radical (unpaired) electrons. The van der Waals surface area contributed by atoms with Crippen molar-refractivity contribution in [1.29, 1.82) is 0 Å². The second kappa shape index (κ2) is 3.89. The van der Waals surface area contributed by atoms with Crippen LogP contribution in [0.3, 0.4) is 0 Å². The molecule has 0 aliphatic heterocycles. The monoisotopic (exact) mass is 259 g/mol. The Balaban J connectivity index is 3.20. The van der Waals surface area contributed by atoms with Gasteiger partial charge in [-0.1, -0.05) is 30.0 Å². The van der Waals surface area contributed by atoms with Crippen LogP contribution in [0.4, 0.5) is 5.69 Å². The van der Waals surface area contributed by atoms with Crippen molar-refractivity contribution < 1.29 is 0 Å². The minimum atomic E-state index is -0.392. The summed E-state index contributed by atoms with van der Waals surface area (Å²) in [5.74, 6) is 0. The Kier molecular flexibility index (Phi) is 3.36. The van der Waals surface area contributed by atoms with Crippen molar-refractivity contribution in [2.24, 2.45) is 5.41 Å². The van der Waals surface area contributed by atoms with E-state index in [2.05, 4.69) is 53.2 Å². The minimum Gasteiger partial charge on any atom is -0.346 e. The van der Waals surface area contributed by atoms with Crippen molar-refractivity contribution >= 4 is 29.6 Å². The van der Waals surface area contributed by atoms with E-state index in [4.69, 9.17) is 0 Å². The molecular weight excluding hydrogens is 240 g/mol. The molecule has 0 aliphatic carbocycles. The Morgan fingerprint density at radius 3 is 1.75 bits per heavy atom. The van der Waals surface area contributed by atoms with Crippen LogP contribution in [0.25, 0.3) is 0 Å². The lowest BCUT2D eigenvalue weighted by atomic mass is 9.76. The van der Waals surface area contributed by atoms with Gasteiger partial charge >= 0.3 is 0 Å². The lowest BCUT2D eigenvalue weighted by Gasteiger charge is -2.47. The fourth-order valence-corrected chi connectivity index (χ4v) is 2.47. The van der Waals surface area contributed by atoms with Crippen molar-refractivity contribution in [2.45, 2.75) is 40.2 Å². The topological polar surface area (TPSA) is 37.4 Å². The second-order valence-electron chi connectivity index (χ2n) is 5.60. The van der Waals surface area contributed by atoms with Crippen LogP contribution >= 0.6 is 18.6 Å². The van der Waals surface area contributed by atoms with E-state index in [1.165, 1.54) is 0 Å². The molecule has 90 valence electrons. The van der Waals surface area contributed by atoms with E-state index in [1.807, 2.05) is 4.67 Å². The van der Waals surface area contributed by atoms with Gasteiger partial charge < -0.3 is 4.67 Å². The van der Waals surface area contributed by atoms with E-state index in [0.717, 1.165) is 0 Å². The fraction of sp³-hybridized carbons (Fsp3) is 0.636. The Morgan fingerprint density at radius 1 is 1.00 bits per heavy atom. The predicted molar refractivity (Wildman–Crippen MR) is 76.4 cm³/mol. The SMILES string of the molecule is CC(C)(C)C(C)(C)N(P)c1c(P)c(=O)c1=O. The van der Waals surface area contributed by atoms with E-state index >= 15 is 0 Å². The first-order valence-electron chi connectivity index (χ1n) is 5.15. The third-order valence-electron chi connectivity index (χ3n) is 3.60. The molecule has 0 aromatic heterocycles. The predicted octanol–water partition coefficient (Wildman–Crippen LogP) is 1.20. The molecule has 0 saturated carbocycles. The zero-order valence-electron chi connectivity index (χ0n) is 10.4. The Labute approximate surface area is 101 Å². The highest BCUT2D eigenvalue weighted by atomic mass is 31.0. The molecule has 1 rings (SSSR count). The van der Waals surface area contributed by atoms with E-state index in [-0.39, 0.29) is 11.0 Å². The van der Waals surface area contributed by atoms with Crippen molar-refractivity contribution in [1.82, 2.24) is 0 Å². The van der Waals surface area contributed by atoms with E-state index in [0.29, 0.717) is 11.0 Å². The van der Waals surface area contributed by atoms with Crippen LogP contribution in [0.5, 0.6) is 0 Å². The summed E-state index contributed by atoms with van der Waals surface area (Å²) in [6, 6.07) is 0. The standard InChI is InChI=1S/C11H19NO2P2/c1-10(2,3)11(4,5)12(16)6-7(13)8(14)9(6)15/h15-16H2,1-5H3. The largest absolute Gasteiger partial charge is 0.346 e. The summed E-state index contributed by atoms with van der Waals surface area (Å²) in [6.45, 7) is 10.4. The number of nitrogens with zero attached hydrogens (tertiary/aromatic N) is 1. The summed E-state index contributed by atoms with van der Waals surface area (Å²) >= 11 is 0. The summed E-state index contributed by atoms with van der Waals surface area (Å²) in [4.78, 5) is 22.7. The first-order chi connectivity index (χ1) is 7.01. The number of anilines is 1. The molecule has 5 heteroatoms. The Morgan fingerprint density at radius 2 is 1.44 bits per heavy atom. The van der Waals surface area contributed by atoms with Gasteiger partial charge in [-0.15, -0.1) is 0 Å². The first kappa shape index (κ1) is 13.8. The fourth-order valence-electron chi connectivity index (χ4n) is 1.28. The van der Waals surface area contributed by atoms with E-state index in [1.54, 1.807) is 0 Å². The maximum Gasteiger partial charge on any atom is 0.250 e. The van der Waals surface area contributed by atoms with Gasteiger partial charge in [0.15, 0.2) is 0 Å². The van der Waals surface area contributed by atoms with Gasteiger partial charge in [0.2, 0.25) is 5.43 Å². The van der Waals surface area contributed by atoms with Crippen molar-refractivity contribution in [2.75, 3.05) is 4.67 Å². The molecule has 3 nitrogen and oxygen atoms in total. The molecule has 0 amide bonds. The third-order valence-corrected chi connectivity index (χ3v) is 5.04. The average Bonchev–Trinajstić information content (AvgIpc) is 2.15. The van der Waals surface area contributed by atoms with Crippen molar-refractivity contribution in [3.05, 3.63) is 20.4 Å². The van der Waals surface area contributed by atoms with Crippen LogP contribution < -0.4 is 20.8 Å². The van der Waals surface area contributed by atoms with Crippen LogP contribution in [0.2, 0.25) is 0 Å². The van der Waals surface area contributed by atoms with Gasteiger partial charge in [0.25, 0.3) is 5.43 Å². The van der Waals surface area contributed by atoms with E-state index in [9.17, 15) is 9.59 Å². The molecule has 2 unspecified atom stereocenters. The highest BCUT2D eigenvalue weighted by molar-refractivity contribution is 7.28. The molecule has 16 heavy (non-hydrogen) atoms. The molecule has 2 atom stereocenters. The van der Waals surface area contributed by atoms with Crippen LogP contribution in [0, 0.1) is 5.41 Å². The normalized spacial score (nSPS) is 13.2. The smallest absolute Gasteiger partial charge is 0.250 e. The molecule has 0 N–H and O–H groups in total. The first-order valence-corrected chi connectivity index (χ1v) is 6.25. The Bertz CT molecular complexity index is 479. The summed E-state index contributed by atoms with van der Waals surface area (Å²) in [5.41, 5.74) is -0.522. The van der Waals surface area contributed by atoms with Gasteiger partial charge in [-0.3, -0.25) is 9.59 Å². The molecule has 0 fully saturated rings. The minimum absolute atomic E-state index is 0.00832. The van der Waals surface area contributed by atoms with Gasteiger partial charge in [-0.25, -0.2) is 0 Å². The molecule has 0 aliphatic rings. The van der Waals surface area contributed by atoms with Crippen LogP contribution in [-0.4, -0.2) is 5.54 Å². The second-order valence-corrected chi connectivity index (χ2v) is 6.69. The lowest BCUT2D eigenvalue weighted by Crippen LogP contribution is -2.56. The van der Waals surface area contributed by atoms with Crippen LogP contribution in [0.1, 0.15) is 34.6 Å². The highest BCUT2D eigenvalue weighted by Crippen LogP contribution is 2.39. The van der Waals surface area contributed by atoms with Crippen molar-refractivity contribution in [3.63, 3.8) is 0 Å². The molecule has 0 heterocycles. The summed E-state index contributed by atoms with van der Waals surface area (Å²) in [6.07, 6.45) is 0. The average molecular weight is 259 g/mol. The molecule has 1 aromatic carbocycles. The van der Waals surface area contributed by atoms with Gasteiger partial charge in [0.05, 0.1) is 0 Å². The highest BCUT2D eigenvalue weighted by Gasteiger charge is 2.39. The molecule has 1 aromatic rings. The van der Waals surface area contributed by atoms with Crippen molar-refractivity contribution in [3.8, 4) is 0 Å². The number of hydrogen-bond acceptors (Lipinski definition) is 3. The van der Waals surface area contributed by atoms with Gasteiger partial charge in [0, 0.05) is 10.8 Å². The summed E-state index contributed by atoms with van der Waals surface area (Å²) < 4.78 is 1.83. The summed E-state index contributed by atoms with van der Waals surface area (Å²) in [5, 5.41) is 0.484. The number of hydrogen-bond donors (Lipinski definition) is 0. The maximum atomic E-state index is 11.5. The molecule has 0 bridgehead atoms. The zero-order chi connectivity index (χ0) is 12.9. The summed E-state index contributed by atoms with van der Waals surface area (Å²) in [7, 11) is 4.90. The van der Waals surface area contributed by atoms with Crippen LogP contribution in [0.15, 0.2) is 9.59 Å². The zero-order valence-corrected chi connectivity index (χ0v) is 12.7. The van der Waals surface area contributed by atoms with Crippen LogP contribution in [-0.2, 0) is 0 Å². The Hall–Kier alpha value is -0.260.